The van der Waals surface area contributed by atoms with E-state index in [1.165, 1.54) is 4.88 Å². The molecule has 0 spiro atoms. The maximum Gasteiger partial charge on any atom is 0.0794 e. The zero-order chi connectivity index (χ0) is 9.86. The zero-order valence-electron chi connectivity index (χ0n) is 8.45. The molecule has 2 heterocycles. The van der Waals surface area contributed by atoms with Crippen molar-refractivity contribution >= 4 is 11.3 Å². The van der Waals surface area contributed by atoms with E-state index in [1.54, 1.807) is 11.3 Å². The number of hydrogen-bond acceptors (Lipinski definition) is 4. The highest BCUT2D eigenvalue weighted by Crippen LogP contribution is 2.32. The van der Waals surface area contributed by atoms with Gasteiger partial charge in [-0.05, 0) is 19.9 Å². The molecule has 0 bridgehead atoms. The Hall–Kier alpha value is -0.450. The second-order valence-electron chi connectivity index (χ2n) is 3.98. The van der Waals surface area contributed by atoms with Crippen LogP contribution in [0.3, 0.4) is 0 Å². The lowest BCUT2D eigenvalue weighted by Gasteiger charge is -2.26. The van der Waals surface area contributed by atoms with Crippen LogP contribution in [0.2, 0.25) is 0 Å². The molecule has 0 saturated carbocycles. The third kappa shape index (κ3) is 2.13. The minimum absolute atomic E-state index is 0.307. The molecule has 0 aromatic carbocycles. The van der Waals surface area contributed by atoms with Crippen molar-refractivity contribution in [1.82, 2.24) is 10.3 Å². The Balaban J connectivity index is 2.04. The van der Waals surface area contributed by atoms with Crippen LogP contribution in [0, 0.1) is 5.41 Å². The van der Waals surface area contributed by atoms with Gasteiger partial charge in [-0.25, -0.2) is 0 Å². The van der Waals surface area contributed by atoms with E-state index >= 15 is 0 Å². The van der Waals surface area contributed by atoms with Crippen LogP contribution in [0.15, 0.2) is 11.7 Å². The topological polar surface area (TPSA) is 34.2 Å². The summed E-state index contributed by atoms with van der Waals surface area (Å²) in [5.41, 5.74) is 2.21. The van der Waals surface area contributed by atoms with Gasteiger partial charge in [-0.1, -0.05) is 0 Å². The van der Waals surface area contributed by atoms with Gasteiger partial charge < -0.3 is 10.1 Å². The fourth-order valence-electron chi connectivity index (χ4n) is 2.06. The summed E-state index contributed by atoms with van der Waals surface area (Å²) in [5.74, 6) is 0. The third-order valence-corrected chi connectivity index (χ3v) is 3.55. The van der Waals surface area contributed by atoms with Crippen LogP contribution in [-0.2, 0) is 11.2 Å². The van der Waals surface area contributed by atoms with Crippen molar-refractivity contribution in [2.45, 2.75) is 12.8 Å². The summed E-state index contributed by atoms with van der Waals surface area (Å²) in [6, 6.07) is 0. The molecule has 1 saturated heterocycles. The van der Waals surface area contributed by atoms with Gasteiger partial charge in [-0.15, -0.1) is 11.3 Å². The van der Waals surface area contributed by atoms with Gasteiger partial charge in [0.05, 0.1) is 12.1 Å². The van der Waals surface area contributed by atoms with E-state index in [2.05, 4.69) is 10.3 Å². The number of rotatable bonds is 4. The fourth-order valence-corrected chi connectivity index (χ4v) is 2.83. The average Bonchev–Trinajstić information content (AvgIpc) is 2.78. The molecule has 4 heteroatoms. The van der Waals surface area contributed by atoms with Crippen LogP contribution >= 0.6 is 11.3 Å². The van der Waals surface area contributed by atoms with Crippen molar-refractivity contribution in [2.75, 3.05) is 26.8 Å². The summed E-state index contributed by atoms with van der Waals surface area (Å²) >= 11 is 1.74. The molecular weight excluding hydrogens is 196 g/mol. The molecule has 1 aliphatic rings. The van der Waals surface area contributed by atoms with E-state index in [0.29, 0.717) is 5.41 Å². The summed E-state index contributed by atoms with van der Waals surface area (Å²) in [6.45, 7) is 2.82. The normalized spacial score (nSPS) is 26.9. The molecule has 0 radical (unpaired) electrons. The van der Waals surface area contributed by atoms with E-state index < -0.39 is 0 Å². The van der Waals surface area contributed by atoms with Crippen LogP contribution in [0.25, 0.3) is 0 Å². The van der Waals surface area contributed by atoms with Gasteiger partial charge >= 0.3 is 0 Å². The smallest absolute Gasteiger partial charge is 0.0794 e. The van der Waals surface area contributed by atoms with Gasteiger partial charge in [0.1, 0.15) is 0 Å². The summed E-state index contributed by atoms with van der Waals surface area (Å²) in [6.07, 6.45) is 4.23. The van der Waals surface area contributed by atoms with Crippen molar-refractivity contribution in [3.05, 3.63) is 16.6 Å². The first-order chi connectivity index (χ1) is 6.85. The number of aromatic nitrogens is 1. The second-order valence-corrected chi connectivity index (χ2v) is 4.95. The van der Waals surface area contributed by atoms with Crippen molar-refractivity contribution in [3.63, 3.8) is 0 Å². The minimum Gasteiger partial charge on any atom is -0.381 e. The molecule has 1 unspecified atom stereocenters. The first kappa shape index (κ1) is 10.1. The summed E-state index contributed by atoms with van der Waals surface area (Å²) in [4.78, 5) is 5.48. The summed E-state index contributed by atoms with van der Waals surface area (Å²) in [7, 11) is 2.01. The number of nitrogens with zero attached hydrogens (tertiary/aromatic N) is 1. The summed E-state index contributed by atoms with van der Waals surface area (Å²) < 4.78 is 5.51. The number of ether oxygens (including phenoxy) is 1. The molecule has 1 N–H and O–H groups in total. The van der Waals surface area contributed by atoms with Gasteiger partial charge in [-0.3, -0.25) is 4.98 Å². The van der Waals surface area contributed by atoms with E-state index in [4.69, 9.17) is 4.74 Å². The highest BCUT2D eigenvalue weighted by atomic mass is 32.1. The monoisotopic (exact) mass is 212 g/mol. The Bertz CT molecular complexity index is 268. The molecule has 14 heavy (non-hydrogen) atoms. The van der Waals surface area contributed by atoms with Crippen molar-refractivity contribution in [2.24, 2.45) is 5.41 Å². The molecule has 1 atom stereocenters. The van der Waals surface area contributed by atoms with Crippen LogP contribution < -0.4 is 5.32 Å². The Morgan fingerprint density at radius 2 is 2.64 bits per heavy atom. The summed E-state index contributed by atoms with van der Waals surface area (Å²) in [5, 5.41) is 3.27. The quantitative estimate of drug-likeness (QED) is 0.817. The molecule has 1 aromatic heterocycles. The van der Waals surface area contributed by atoms with Gasteiger partial charge in [-0.2, -0.15) is 0 Å². The molecular formula is C10H16N2OS. The Kier molecular flexibility index (Phi) is 3.15. The molecule has 1 aromatic rings. The van der Waals surface area contributed by atoms with Gasteiger partial charge in [0, 0.05) is 29.6 Å². The first-order valence-electron chi connectivity index (χ1n) is 4.94. The van der Waals surface area contributed by atoms with E-state index in [9.17, 15) is 0 Å². The van der Waals surface area contributed by atoms with Crippen LogP contribution in [-0.4, -0.2) is 31.8 Å². The fraction of sp³-hybridized carbons (Fsp3) is 0.700. The lowest BCUT2D eigenvalue weighted by Crippen LogP contribution is -2.34. The standard InChI is InChI=1S/C10H16N2OS/c1-11-6-10(2-3-13-7-10)4-9-5-12-8-14-9/h5,8,11H,2-4,6-7H2,1H3. The molecule has 1 aliphatic heterocycles. The molecule has 0 amide bonds. The van der Waals surface area contributed by atoms with Crippen LogP contribution in [0.5, 0.6) is 0 Å². The number of nitrogens with one attached hydrogen (secondary N) is 1. The van der Waals surface area contributed by atoms with Crippen LogP contribution in [0.4, 0.5) is 0 Å². The molecule has 3 nitrogen and oxygen atoms in total. The lowest BCUT2D eigenvalue weighted by atomic mass is 9.83. The van der Waals surface area contributed by atoms with Crippen molar-refractivity contribution in [1.29, 1.82) is 0 Å². The van der Waals surface area contributed by atoms with Gasteiger partial charge in [0.15, 0.2) is 0 Å². The largest absolute Gasteiger partial charge is 0.381 e. The maximum absolute atomic E-state index is 5.51. The first-order valence-corrected chi connectivity index (χ1v) is 5.82. The molecule has 2 rings (SSSR count). The average molecular weight is 212 g/mol. The second kappa shape index (κ2) is 4.38. The van der Waals surface area contributed by atoms with E-state index in [1.807, 2.05) is 18.8 Å². The Morgan fingerprint density at radius 3 is 3.21 bits per heavy atom. The van der Waals surface area contributed by atoms with E-state index in [0.717, 1.165) is 32.6 Å². The highest BCUT2D eigenvalue weighted by molar-refractivity contribution is 7.09. The molecule has 78 valence electrons. The van der Waals surface area contributed by atoms with Gasteiger partial charge in [0.25, 0.3) is 0 Å². The van der Waals surface area contributed by atoms with Crippen molar-refractivity contribution in [3.8, 4) is 0 Å². The molecule has 0 aliphatic carbocycles. The predicted molar refractivity (Wildman–Crippen MR) is 57.6 cm³/mol. The Labute approximate surface area is 88.5 Å². The van der Waals surface area contributed by atoms with Gasteiger partial charge in [0.2, 0.25) is 0 Å². The lowest BCUT2D eigenvalue weighted by molar-refractivity contribution is 0.151. The Morgan fingerprint density at radius 1 is 1.71 bits per heavy atom. The molecule has 1 fully saturated rings. The predicted octanol–water partition coefficient (Wildman–Crippen LogP) is 1.31. The third-order valence-electron chi connectivity index (χ3n) is 2.77. The number of hydrogen-bond donors (Lipinski definition) is 1. The SMILES string of the molecule is CNCC1(Cc2cncs2)CCOC1. The minimum atomic E-state index is 0.307. The van der Waals surface area contributed by atoms with E-state index in [-0.39, 0.29) is 0 Å². The highest BCUT2D eigenvalue weighted by Gasteiger charge is 2.34. The zero-order valence-corrected chi connectivity index (χ0v) is 9.27. The van der Waals surface area contributed by atoms with Crippen LogP contribution in [0.1, 0.15) is 11.3 Å². The van der Waals surface area contributed by atoms with Crippen molar-refractivity contribution < 1.29 is 4.74 Å². The number of thiazole rings is 1. The maximum atomic E-state index is 5.51.